The van der Waals surface area contributed by atoms with Crippen LogP contribution in [-0.2, 0) is 6.54 Å². The van der Waals surface area contributed by atoms with Crippen LogP contribution in [0.3, 0.4) is 0 Å². The highest BCUT2D eigenvalue weighted by Crippen LogP contribution is 2.08. The van der Waals surface area contributed by atoms with Gasteiger partial charge in [-0.05, 0) is 26.0 Å². The van der Waals surface area contributed by atoms with Crippen LogP contribution in [0.15, 0.2) is 24.3 Å². The van der Waals surface area contributed by atoms with E-state index in [1.807, 2.05) is 19.2 Å². The van der Waals surface area contributed by atoms with Crippen molar-refractivity contribution in [3.8, 4) is 0 Å². The molecule has 0 bridgehead atoms. The van der Waals surface area contributed by atoms with E-state index in [0.717, 1.165) is 18.7 Å². The second-order valence-corrected chi connectivity index (χ2v) is 5.32. The van der Waals surface area contributed by atoms with Crippen molar-refractivity contribution >= 4 is 0 Å². The number of nitrogens with one attached hydrogen (secondary N) is 1. The van der Waals surface area contributed by atoms with Crippen molar-refractivity contribution in [1.82, 2.24) is 10.2 Å². The van der Waals surface area contributed by atoms with Gasteiger partial charge in [-0.2, -0.15) is 0 Å². The lowest BCUT2D eigenvalue weighted by molar-refractivity contribution is 0.304. The van der Waals surface area contributed by atoms with Crippen LogP contribution >= 0.6 is 0 Å². The Hall–Kier alpha value is -0.930. The number of halogens is 1. The molecule has 0 aliphatic rings. The van der Waals surface area contributed by atoms with Gasteiger partial charge in [-0.25, -0.2) is 4.39 Å². The first-order valence-corrected chi connectivity index (χ1v) is 6.66. The molecule has 2 nitrogen and oxygen atoms in total. The molecule has 3 heteroatoms. The minimum atomic E-state index is -0.118. The second kappa shape index (κ2) is 7.49. The van der Waals surface area contributed by atoms with Gasteiger partial charge in [-0.1, -0.05) is 32.0 Å². The number of likely N-dealkylation sites (N-methyl/N-ethyl adjacent to an activating group) is 1. The molecule has 0 heterocycles. The minimum Gasteiger partial charge on any atom is -0.313 e. The molecule has 0 spiro atoms. The molecule has 1 unspecified atom stereocenters. The molecule has 0 fully saturated rings. The van der Waals surface area contributed by atoms with Crippen molar-refractivity contribution in [3.63, 3.8) is 0 Å². The summed E-state index contributed by atoms with van der Waals surface area (Å²) in [6, 6.07) is 7.49. The molecule has 1 atom stereocenters. The Kier molecular flexibility index (Phi) is 6.30. The maximum atomic E-state index is 13.5. The van der Waals surface area contributed by atoms with Crippen molar-refractivity contribution in [2.24, 2.45) is 5.92 Å². The lowest BCUT2D eigenvalue weighted by Gasteiger charge is -2.21. The van der Waals surface area contributed by atoms with Crippen LogP contribution in [0.25, 0.3) is 0 Å². The quantitative estimate of drug-likeness (QED) is 0.802. The Morgan fingerprint density at radius 1 is 1.22 bits per heavy atom. The maximum absolute atomic E-state index is 13.5. The average Bonchev–Trinajstić information content (AvgIpc) is 2.32. The molecule has 1 N–H and O–H groups in total. The molecule has 1 rings (SSSR count). The number of benzene rings is 1. The molecule has 18 heavy (non-hydrogen) atoms. The normalized spacial score (nSPS) is 13.3. The molecule has 1 aromatic carbocycles. The fourth-order valence-corrected chi connectivity index (χ4v) is 1.72. The van der Waals surface area contributed by atoms with Crippen LogP contribution in [-0.4, -0.2) is 31.1 Å². The fraction of sp³-hybridized carbons (Fsp3) is 0.600. The lowest BCUT2D eigenvalue weighted by atomic mass is 10.1. The molecule has 1 aromatic rings. The summed E-state index contributed by atoms with van der Waals surface area (Å²) in [5.41, 5.74) is 0.761. The van der Waals surface area contributed by atoms with Crippen LogP contribution in [0.4, 0.5) is 4.39 Å². The monoisotopic (exact) mass is 252 g/mol. The van der Waals surface area contributed by atoms with Crippen LogP contribution in [0.2, 0.25) is 0 Å². The van der Waals surface area contributed by atoms with Gasteiger partial charge in [0.1, 0.15) is 5.82 Å². The first-order chi connectivity index (χ1) is 8.50. The Labute approximate surface area is 110 Å². The molecule has 0 radical (unpaired) electrons. The van der Waals surface area contributed by atoms with Gasteiger partial charge in [0, 0.05) is 31.2 Å². The summed E-state index contributed by atoms with van der Waals surface area (Å²) < 4.78 is 13.5. The summed E-state index contributed by atoms with van der Waals surface area (Å²) >= 11 is 0. The minimum absolute atomic E-state index is 0.118. The first-order valence-electron chi connectivity index (χ1n) is 6.66. The van der Waals surface area contributed by atoms with Crippen molar-refractivity contribution < 1.29 is 4.39 Å². The summed E-state index contributed by atoms with van der Waals surface area (Å²) in [5, 5.41) is 3.48. The van der Waals surface area contributed by atoms with E-state index in [0.29, 0.717) is 18.5 Å². The standard InChI is InChI=1S/C15H25FN2/c1-12(2)13(3)17-9-10-18(4)11-14-7-5-6-8-15(14)16/h5-8,12-13,17H,9-11H2,1-4H3. The molecule has 0 aliphatic carbocycles. The number of hydrogen-bond acceptors (Lipinski definition) is 2. The van der Waals surface area contributed by atoms with Gasteiger partial charge < -0.3 is 10.2 Å². The van der Waals surface area contributed by atoms with Gasteiger partial charge in [-0.15, -0.1) is 0 Å². The smallest absolute Gasteiger partial charge is 0.127 e. The molecule has 0 saturated heterocycles. The summed E-state index contributed by atoms with van der Waals surface area (Å²) in [7, 11) is 2.02. The van der Waals surface area contributed by atoms with Crippen molar-refractivity contribution in [2.45, 2.75) is 33.4 Å². The Morgan fingerprint density at radius 2 is 1.89 bits per heavy atom. The largest absolute Gasteiger partial charge is 0.313 e. The number of rotatable bonds is 7. The summed E-state index contributed by atoms with van der Waals surface area (Å²) in [5.74, 6) is 0.523. The van der Waals surface area contributed by atoms with Gasteiger partial charge in [0.05, 0.1) is 0 Å². The molecular formula is C15H25FN2. The lowest BCUT2D eigenvalue weighted by Crippen LogP contribution is -2.36. The SMILES string of the molecule is CC(C)C(C)NCCN(C)Cc1ccccc1F. The zero-order chi connectivity index (χ0) is 13.5. The van der Waals surface area contributed by atoms with E-state index in [-0.39, 0.29) is 5.82 Å². The van der Waals surface area contributed by atoms with Gasteiger partial charge in [0.2, 0.25) is 0 Å². The van der Waals surface area contributed by atoms with E-state index in [1.54, 1.807) is 6.07 Å². The van der Waals surface area contributed by atoms with E-state index in [1.165, 1.54) is 6.07 Å². The van der Waals surface area contributed by atoms with Gasteiger partial charge in [-0.3, -0.25) is 0 Å². The highest BCUT2D eigenvalue weighted by molar-refractivity contribution is 5.16. The Balaban J connectivity index is 2.30. The van der Waals surface area contributed by atoms with Crippen LogP contribution in [0.1, 0.15) is 26.3 Å². The summed E-state index contributed by atoms with van der Waals surface area (Å²) in [4.78, 5) is 2.14. The van der Waals surface area contributed by atoms with E-state index in [4.69, 9.17) is 0 Å². The zero-order valence-corrected chi connectivity index (χ0v) is 11.9. The van der Waals surface area contributed by atoms with Crippen LogP contribution in [0.5, 0.6) is 0 Å². The van der Waals surface area contributed by atoms with E-state index >= 15 is 0 Å². The zero-order valence-electron chi connectivity index (χ0n) is 11.9. The number of nitrogens with zero attached hydrogens (tertiary/aromatic N) is 1. The molecular weight excluding hydrogens is 227 g/mol. The predicted molar refractivity (Wildman–Crippen MR) is 75.0 cm³/mol. The second-order valence-electron chi connectivity index (χ2n) is 5.32. The van der Waals surface area contributed by atoms with E-state index in [2.05, 4.69) is 31.0 Å². The molecule has 0 saturated carbocycles. The van der Waals surface area contributed by atoms with Crippen molar-refractivity contribution in [2.75, 3.05) is 20.1 Å². The average molecular weight is 252 g/mol. The Morgan fingerprint density at radius 3 is 2.50 bits per heavy atom. The van der Waals surface area contributed by atoms with Gasteiger partial charge >= 0.3 is 0 Å². The number of hydrogen-bond donors (Lipinski definition) is 1. The molecule has 102 valence electrons. The highest BCUT2D eigenvalue weighted by atomic mass is 19.1. The topological polar surface area (TPSA) is 15.3 Å². The molecule has 0 aromatic heterocycles. The first kappa shape index (κ1) is 15.1. The van der Waals surface area contributed by atoms with Crippen LogP contribution < -0.4 is 5.32 Å². The van der Waals surface area contributed by atoms with E-state index < -0.39 is 0 Å². The summed E-state index contributed by atoms with van der Waals surface area (Å²) in [6.45, 7) is 9.13. The van der Waals surface area contributed by atoms with Crippen LogP contribution in [0, 0.1) is 11.7 Å². The highest BCUT2D eigenvalue weighted by Gasteiger charge is 2.07. The predicted octanol–water partition coefficient (Wildman–Crippen LogP) is 2.89. The third-order valence-corrected chi connectivity index (χ3v) is 3.36. The van der Waals surface area contributed by atoms with Crippen molar-refractivity contribution in [1.29, 1.82) is 0 Å². The fourth-order valence-electron chi connectivity index (χ4n) is 1.72. The van der Waals surface area contributed by atoms with Crippen molar-refractivity contribution in [3.05, 3.63) is 35.6 Å². The van der Waals surface area contributed by atoms with E-state index in [9.17, 15) is 4.39 Å². The molecule has 0 amide bonds. The Bertz CT molecular complexity index is 352. The molecule has 0 aliphatic heterocycles. The van der Waals surface area contributed by atoms with Gasteiger partial charge in [0.25, 0.3) is 0 Å². The summed E-state index contributed by atoms with van der Waals surface area (Å²) in [6.07, 6.45) is 0. The maximum Gasteiger partial charge on any atom is 0.127 e. The van der Waals surface area contributed by atoms with Gasteiger partial charge in [0.15, 0.2) is 0 Å². The third kappa shape index (κ3) is 5.15. The third-order valence-electron chi connectivity index (χ3n) is 3.36.